The Morgan fingerprint density at radius 2 is 2.06 bits per heavy atom. The number of nitrogens with one attached hydrogen (secondary N) is 1. The Bertz CT molecular complexity index is 1050. The number of imidazole rings is 1. The van der Waals surface area contributed by atoms with Crippen molar-refractivity contribution in [3.05, 3.63) is 53.3 Å². The number of nitrogens with zero attached hydrogens (tertiary/aromatic N) is 7. The average molecular weight is 421 g/mol. The van der Waals surface area contributed by atoms with E-state index in [9.17, 15) is 4.79 Å². The number of aryl methyl sites for hydroxylation is 1. The Morgan fingerprint density at radius 1 is 1.16 bits per heavy atom. The first kappa shape index (κ1) is 19.7. The number of aromatic amines is 1. The van der Waals surface area contributed by atoms with Crippen LogP contribution in [0.3, 0.4) is 0 Å². The molecule has 0 saturated carbocycles. The largest absolute Gasteiger partial charge is 0.354 e. The molecule has 3 aromatic heterocycles. The minimum atomic E-state index is 0.0314. The van der Waals surface area contributed by atoms with Crippen LogP contribution >= 0.6 is 0 Å². The Balaban J connectivity index is 1.28. The van der Waals surface area contributed by atoms with E-state index < -0.39 is 0 Å². The van der Waals surface area contributed by atoms with Gasteiger partial charge in [-0.2, -0.15) is 5.10 Å². The maximum absolute atomic E-state index is 13.2. The van der Waals surface area contributed by atoms with Crippen LogP contribution in [0.15, 0.2) is 24.8 Å². The molecule has 1 saturated heterocycles. The molecule has 0 aliphatic carbocycles. The van der Waals surface area contributed by atoms with Crippen LogP contribution < -0.4 is 4.90 Å². The van der Waals surface area contributed by atoms with E-state index in [-0.39, 0.29) is 5.91 Å². The SMILES string of the molecule is Cc1ncnc(N2CCc3nc(C(=O)N4CCCC(c5ccn[nH]5)C4)cn3CC2)c1C. The van der Waals surface area contributed by atoms with Crippen LogP contribution in [-0.2, 0) is 13.0 Å². The van der Waals surface area contributed by atoms with E-state index in [0.717, 1.165) is 74.0 Å². The molecule has 1 fully saturated rings. The van der Waals surface area contributed by atoms with Crippen LogP contribution in [0.25, 0.3) is 0 Å². The fourth-order valence-corrected chi connectivity index (χ4v) is 4.65. The van der Waals surface area contributed by atoms with Crippen LogP contribution in [0, 0.1) is 13.8 Å². The minimum absolute atomic E-state index is 0.0314. The number of likely N-dealkylation sites (tertiary alicyclic amines) is 1. The summed E-state index contributed by atoms with van der Waals surface area (Å²) in [5.41, 5.74) is 3.79. The highest BCUT2D eigenvalue weighted by Crippen LogP contribution is 2.26. The lowest BCUT2D eigenvalue weighted by atomic mass is 9.95. The fourth-order valence-electron chi connectivity index (χ4n) is 4.65. The van der Waals surface area contributed by atoms with Crippen LogP contribution in [0.5, 0.6) is 0 Å². The van der Waals surface area contributed by atoms with Crippen molar-refractivity contribution < 1.29 is 4.79 Å². The Hall–Kier alpha value is -3.23. The zero-order valence-electron chi connectivity index (χ0n) is 18.1. The molecule has 5 rings (SSSR count). The molecule has 1 amide bonds. The Labute approximate surface area is 181 Å². The summed E-state index contributed by atoms with van der Waals surface area (Å²) in [4.78, 5) is 30.9. The first-order valence-corrected chi connectivity index (χ1v) is 11.0. The lowest BCUT2D eigenvalue weighted by Gasteiger charge is -2.31. The average Bonchev–Trinajstić information content (AvgIpc) is 3.43. The predicted octanol–water partition coefficient (Wildman–Crippen LogP) is 2.10. The number of piperidine rings is 1. The maximum atomic E-state index is 13.2. The summed E-state index contributed by atoms with van der Waals surface area (Å²) in [7, 11) is 0. The third-order valence-corrected chi connectivity index (χ3v) is 6.57. The van der Waals surface area contributed by atoms with Crippen LogP contribution in [0.1, 0.15) is 52.0 Å². The molecule has 1 unspecified atom stereocenters. The number of carbonyl (C=O) groups is 1. The third-order valence-electron chi connectivity index (χ3n) is 6.57. The highest BCUT2D eigenvalue weighted by molar-refractivity contribution is 5.92. The number of hydrogen-bond acceptors (Lipinski definition) is 6. The standard InChI is InChI=1S/C22H28N8O/c1-15-16(2)23-14-24-21(15)28-9-6-20-26-19(13-29(20)11-10-28)22(31)30-8-3-4-17(12-30)18-5-7-25-27-18/h5,7,13-14,17H,3-4,6,8-12H2,1-2H3,(H,25,27). The highest BCUT2D eigenvalue weighted by Gasteiger charge is 2.28. The molecule has 0 aromatic carbocycles. The second-order valence-electron chi connectivity index (χ2n) is 8.48. The summed E-state index contributed by atoms with van der Waals surface area (Å²) in [5, 5.41) is 7.12. The molecule has 162 valence electrons. The second kappa shape index (κ2) is 8.13. The molecule has 1 N–H and O–H groups in total. The van der Waals surface area contributed by atoms with Gasteiger partial charge in [-0.15, -0.1) is 0 Å². The molecule has 3 aromatic rings. The highest BCUT2D eigenvalue weighted by atomic mass is 16.2. The maximum Gasteiger partial charge on any atom is 0.274 e. The first-order chi connectivity index (χ1) is 15.1. The molecule has 0 spiro atoms. The summed E-state index contributed by atoms with van der Waals surface area (Å²) in [6.45, 7) is 8.02. The van der Waals surface area contributed by atoms with Crippen molar-refractivity contribution in [1.82, 2.24) is 34.6 Å². The molecule has 31 heavy (non-hydrogen) atoms. The summed E-state index contributed by atoms with van der Waals surface area (Å²) in [6, 6.07) is 2.00. The summed E-state index contributed by atoms with van der Waals surface area (Å²) < 4.78 is 2.13. The van der Waals surface area contributed by atoms with E-state index in [0.29, 0.717) is 18.2 Å². The van der Waals surface area contributed by atoms with Crippen molar-refractivity contribution in [3.63, 3.8) is 0 Å². The normalized spacial score (nSPS) is 19.2. The topological polar surface area (TPSA) is 95.8 Å². The van der Waals surface area contributed by atoms with E-state index >= 15 is 0 Å². The van der Waals surface area contributed by atoms with Gasteiger partial charge in [0.25, 0.3) is 5.91 Å². The van der Waals surface area contributed by atoms with Gasteiger partial charge in [-0.1, -0.05) is 0 Å². The van der Waals surface area contributed by atoms with Gasteiger partial charge >= 0.3 is 0 Å². The van der Waals surface area contributed by atoms with Gasteiger partial charge in [-0.25, -0.2) is 15.0 Å². The van der Waals surface area contributed by atoms with E-state index in [4.69, 9.17) is 4.98 Å². The zero-order valence-corrected chi connectivity index (χ0v) is 18.1. The van der Waals surface area contributed by atoms with Crippen LogP contribution in [0.4, 0.5) is 5.82 Å². The number of H-pyrrole nitrogens is 1. The Morgan fingerprint density at radius 3 is 2.90 bits per heavy atom. The molecule has 9 heteroatoms. The van der Waals surface area contributed by atoms with Crippen molar-refractivity contribution in [2.24, 2.45) is 0 Å². The van der Waals surface area contributed by atoms with Gasteiger partial charge in [0.1, 0.15) is 23.7 Å². The van der Waals surface area contributed by atoms with Crippen LogP contribution in [0.2, 0.25) is 0 Å². The third kappa shape index (κ3) is 3.80. The van der Waals surface area contributed by atoms with Gasteiger partial charge < -0.3 is 14.4 Å². The Kier molecular flexibility index (Phi) is 5.17. The molecule has 2 aliphatic heterocycles. The molecule has 1 atom stereocenters. The van der Waals surface area contributed by atoms with Crippen molar-refractivity contribution in [1.29, 1.82) is 0 Å². The quantitative estimate of drug-likeness (QED) is 0.697. The number of amides is 1. The summed E-state index contributed by atoms with van der Waals surface area (Å²) >= 11 is 0. The van der Waals surface area contributed by atoms with E-state index in [1.165, 1.54) is 0 Å². The second-order valence-corrected chi connectivity index (χ2v) is 8.48. The minimum Gasteiger partial charge on any atom is -0.354 e. The lowest BCUT2D eigenvalue weighted by molar-refractivity contribution is 0.0700. The predicted molar refractivity (Wildman–Crippen MR) is 116 cm³/mol. The van der Waals surface area contributed by atoms with Gasteiger partial charge in [0.15, 0.2) is 0 Å². The number of aromatic nitrogens is 6. The zero-order chi connectivity index (χ0) is 21.4. The van der Waals surface area contributed by atoms with E-state index in [1.807, 2.05) is 24.1 Å². The monoisotopic (exact) mass is 420 g/mol. The molecular weight excluding hydrogens is 392 g/mol. The van der Waals surface area contributed by atoms with Crippen molar-refractivity contribution in [2.45, 2.75) is 45.6 Å². The van der Waals surface area contributed by atoms with Gasteiger partial charge in [-0.05, 0) is 32.8 Å². The first-order valence-electron chi connectivity index (χ1n) is 11.0. The van der Waals surface area contributed by atoms with Crippen molar-refractivity contribution >= 4 is 11.7 Å². The smallest absolute Gasteiger partial charge is 0.274 e. The lowest BCUT2D eigenvalue weighted by Crippen LogP contribution is -2.39. The van der Waals surface area contributed by atoms with Gasteiger partial charge in [0.2, 0.25) is 0 Å². The number of hydrogen-bond donors (Lipinski definition) is 1. The van der Waals surface area contributed by atoms with Crippen molar-refractivity contribution in [3.8, 4) is 0 Å². The molecule has 5 heterocycles. The fraction of sp³-hybridized carbons (Fsp3) is 0.500. The van der Waals surface area contributed by atoms with Gasteiger partial charge in [0.05, 0.1) is 0 Å². The van der Waals surface area contributed by atoms with Crippen LogP contribution in [-0.4, -0.2) is 66.7 Å². The molecule has 9 nitrogen and oxygen atoms in total. The van der Waals surface area contributed by atoms with E-state index in [1.54, 1.807) is 12.5 Å². The number of rotatable bonds is 3. The molecule has 0 bridgehead atoms. The molecular formula is C22H28N8O. The summed E-state index contributed by atoms with van der Waals surface area (Å²) in [6.07, 6.45) is 8.19. The molecule has 2 aliphatic rings. The number of anilines is 1. The van der Waals surface area contributed by atoms with E-state index in [2.05, 4.69) is 36.6 Å². The van der Waals surface area contributed by atoms with Gasteiger partial charge in [0, 0.05) is 74.4 Å². The molecule has 0 radical (unpaired) electrons. The number of fused-ring (bicyclic) bond motifs is 1. The van der Waals surface area contributed by atoms with Crippen molar-refractivity contribution in [2.75, 3.05) is 31.1 Å². The van der Waals surface area contributed by atoms with Gasteiger partial charge in [-0.3, -0.25) is 9.89 Å². The summed E-state index contributed by atoms with van der Waals surface area (Å²) in [5.74, 6) is 2.31. The number of carbonyl (C=O) groups excluding carboxylic acids is 1.